The maximum Gasteiger partial charge on any atom is 0.311 e. The van der Waals surface area contributed by atoms with Crippen LogP contribution in [-0.2, 0) is 4.79 Å². The number of hydrogen-bond acceptors (Lipinski definition) is 8. The predicted molar refractivity (Wildman–Crippen MR) is 138 cm³/mol. The number of aromatic nitrogens is 2. The summed E-state index contributed by atoms with van der Waals surface area (Å²) in [5, 5.41) is 18.1. The molecule has 1 aromatic carbocycles. The summed E-state index contributed by atoms with van der Waals surface area (Å²) in [4.78, 5) is 33.4. The van der Waals surface area contributed by atoms with Crippen LogP contribution in [0.4, 0.5) is 28.8 Å². The van der Waals surface area contributed by atoms with Crippen molar-refractivity contribution in [2.45, 2.75) is 19.3 Å². The van der Waals surface area contributed by atoms with E-state index in [1.54, 1.807) is 23.1 Å². The first-order chi connectivity index (χ1) is 16.8. The maximum absolute atomic E-state index is 12.6. The molecule has 3 aromatic rings. The molecule has 1 fully saturated rings. The Morgan fingerprint density at radius 3 is 2.40 bits per heavy atom. The van der Waals surface area contributed by atoms with Crippen LogP contribution >= 0.6 is 23.2 Å². The Kier molecular flexibility index (Phi) is 7.52. The fraction of sp³-hybridized carbons (Fsp3) is 0.261. The smallest absolute Gasteiger partial charge is 0.311 e. The minimum atomic E-state index is -0.578. The lowest BCUT2D eigenvalue weighted by Crippen LogP contribution is -2.35. The number of halogens is 2. The fourth-order valence-corrected chi connectivity index (χ4v) is 4.31. The van der Waals surface area contributed by atoms with Crippen molar-refractivity contribution < 1.29 is 9.72 Å². The van der Waals surface area contributed by atoms with Gasteiger partial charge in [0.1, 0.15) is 11.6 Å². The zero-order valence-electron chi connectivity index (χ0n) is 18.6. The van der Waals surface area contributed by atoms with Gasteiger partial charge in [-0.15, -0.1) is 0 Å². The molecule has 0 atom stereocenters. The molecule has 1 saturated heterocycles. The number of carbonyl (C=O) groups excluding carboxylic acids is 1. The maximum atomic E-state index is 12.6. The third-order valence-electron chi connectivity index (χ3n) is 5.51. The van der Waals surface area contributed by atoms with E-state index in [-0.39, 0.29) is 17.4 Å². The number of rotatable bonds is 8. The van der Waals surface area contributed by atoms with E-state index in [2.05, 4.69) is 15.6 Å². The van der Waals surface area contributed by atoms with Gasteiger partial charge in [0.15, 0.2) is 0 Å². The molecule has 0 unspecified atom stereocenters. The zero-order valence-corrected chi connectivity index (χ0v) is 20.1. The van der Waals surface area contributed by atoms with Crippen LogP contribution in [0.2, 0.25) is 10.0 Å². The normalized spacial score (nSPS) is 13.5. The number of nitro groups is 1. The molecule has 35 heavy (non-hydrogen) atoms. The third kappa shape index (κ3) is 5.72. The van der Waals surface area contributed by atoms with E-state index in [4.69, 9.17) is 33.9 Å². The Morgan fingerprint density at radius 2 is 1.74 bits per heavy atom. The van der Waals surface area contributed by atoms with Crippen molar-refractivity contribution in [3.05, 3.63) is 62.6 Å². The average Bonchev–Trinajstić information content (AvgIpc) is 2.82. The van der Waals surface area contributed by atoms with Gasteiger partial charge in [0.25, 0.3) is 0 Å². The van der Waals surface area contributed by atoms with Crippen molar-refractivity contribution in [2.75, 3.05) is 40.9 Å². The van der Waals surface area contributed by atoms with Gasteiger partial charge < -0.3 is 21.3 Å². The molecule has 0 bridgehead atoms. The molecule has 1 aliphatic heterocycles. The predicted octanol–water partition coefficient (Wildman–Crippen LogP) is 4.98. The highest BCUT2D eigenvalue weighted by Gasteiger charge is 2.24. The van der Waals surface area contributed by atoms with E-state index in [0.29, 0.717) is 64.7 Å². The van der Waals surface area contributed by atoms with Crippen molar-refractivity contribution in [1.82, 2.24) is 9.97 Å². The van der Waals surface area contributed by atoms with Crippen molar-refractivity contribution in [3.8, 4) is 11.3 Å². The summed E-state index contributed by atoms with van der Waals surface area (Å²) in [6.07, 6.45) is 2.30. The lowest BCUT2D eigenvalue weighted by Gasteiger charge is -2.28. The summed E-state index contributed by atoms with van der Waals surface area (Å²) in [5.41, 5.74) is 7.36. The second kappa shape index (κ2) is 10.7. The monoisotopic (exact) mass is 515 g/mol. The Morgan fingerprint density at radius 1 is 1.03 bits per heavy atom. The van der Waals surface area contributed by atoms with Crippen LogP contribution in [-0.4, -0.2) is 40.4 Å². The standard InChI is InChI=1S/C23H23Cl2N7O3/c24-14-4-5-15(16(25)13-14)22-17(31-12-2-1-3-21(31)33)6-8-19(29-22)27-10-11-28-20-9-7-18(32(34)35)23(26)30-20/h4-9,13H,1-3,10-12H2,(H,27,29)(H3,26,28,30). The number of amides is 1. The Hall–Kier alpha value is -3.63. The minimum Gasteiger partial charge on any atom is -0.378 e. The molecule has 1 aliphatic rings. The number of nitrogens with one attached hydrogen (secondary N) is 2. The summed E-state index contributed by atoms with van der Waals surface area (Å²) in [6.45, 7) is 1.55. The van der Waals surface area contributed by atoms with Gasteiger partial charge in [-0.1, -0.05) is 23.2 Å². The van der Waals surface area contributed by atoms with Gasteiger partial charge >= 0.3 is 5.69 Å². The molecule has 4 rings (SSSR count). The van der Waals surface area contributed by atoms with Crippen molar-refractivity contribution >= 4 is 57.9 Å². The van der Waals surface area contributed by atoms with E-state index in [9.17, 15) is 14.9 Å². The lowest BCUT2D eigenvalue weighted by molar-refractivity contribution is -0.384. The first-order valence-corrected chi connectivity index (χ1v) is 11.7. The van der Waals surface area contributed by atoms with Crippen molar-refractivity contribution in [3.63, 3.8) is 0 Å². The highest BCUT2D eigenvalue weighted by molar-refractivity contribution is 6.36. The number of benzene rings is 1. The largest absolute Gasteiger partial charge is 0.378 e. The molecule has 12 heteroatoms. The average molecular weight is 516 g/mol. The highest BCUT2D eigenvalue weighted by Crippen LogP contribution is 2.37. The van der Waals surface area contributed by atoms with E-state index in [0.717, 1.165) is 12.8 Å². The number of hydrogen-bond donors (Lipinski definition) is 3. The van der Waals surface area contributed by atoms with E-state index < -0.39 is 4.92 Å². The summed E-state index contributed by atoms with van der Waals surface area (Å²) in [6, 6.07) is 11.7. The summed E-state index contributed by atoms with van der Waals surface area (Å²) < 4.78 is 0. The first-order valence-electron chi connectivity index (χ1n) is 11.0. The SMILES string of the molecule is Nc1nc(NCCNc2ccc(N3CCCCC3=O)c(-c3ccc(Cl)cc3Cl)n2)ccc1[N+](=O)[O-]. The van der Waals surface area contributed by atoms with Crippen LogP contribution in [0.1, 0.15) is 19.3 Å². The van der Waals surface area contributed by atoms with Gasteiger partial charge in [-0.3, -0.25) is 14.9 Å². The van der Waals surface area contributed by atoms with Gasteiger partial charge in [0, 0.05) is 42.7 Å². The quantitative estimate of drug-likeness (QED) is 0.216. The van der Waals surface area contributed by atoms with Gasteiger partial charge in [-0.05, 0) is 49.2 Å². The second-order valence-electron chi connectivity index (χ2n) is 7.90. The Labute approximate surface area is 211 Å². The third-order valence-corrected chi connectivity index (χ3v) is 6.06. The first kappa shape index (κ1) is 24.5. The van der Waals surface area contributed by atoms with Crippen molar-refractivity contribution in [2.24, 2.45) is 0 Å². The molecular formula is C23H23Cl2N7O3. The fourth-order valence-electron chi connectivity index (χ4n) is 3.81. The van der Waals surface area contributed by atoms with E-state index in [1.807, 2.05) is 12.1 Å². The van der Waals surface area contributed by atoms with Gasteiger partial charge in [0.05, 0.1) is 21.3 Å². The molecule has 10 nitrogen and oxygen atoms in total. The molecule has 4 N–H and O–H groups in total. The molecular weight excluding hydrogens is 493 g/mol. The lowest BCUT2D eigenvalue weighted by atomic mass is 10.1. The molecule has 0 radical (unpaired) electrons. The Bertz CT molecular complexity index is 1270. The number of carbonyl (C=O) groups is 1. The Balaban J connectivity index is 1.51. The number of piperidine rings is 1. The molecule has 1 amide bonds. The number of nitrogens with zero attached hydrogens (tertiary/aromatic N) is 4. The summed E-state index contributed by atoms with van der Waals surface area (Å²) >= 11 is 12.6. The van der Waals surface area contributed by atoms with Gasteiger partial charge in [0.2, 0.25) is 11.7 Å². The molecule has 0 saturated carbocycles. The number of anilines is 4. The summed E-state index contributed by atoms with van der Waals surface area (Å²) in [5.74, 6) is 0.929. The number of pyridine rings is 2. The van der Waals surface area contributed by atoms with Crippen LogP contribution in [0.5, 0.6) is 0 Å². The van der Waals surface area contributed by atoms with Gasteiger partial charge in [-0.25, -0.2) is 9.97 Å². The molecule has 3 heterocycles. The van der Waals surface area contributed by atoms with Crippen LogP contribution in [0.3, 0.4) is 0 Å². The molecule has 182 valence electrons. The van der Waals surface area contributed by atoms with E-state index >= 15 is 0 Å². The molecule has 2 aromatic heterocycles. The topological polar surface area (TPSA) is 139 Å². The summed E-state index contributed by atoms with van der Waals surface area (Å²) in [7, 11) is 0. The zero-order chi connectivity index (χ0) is 24.9. The minimum absolute atomic E-state index is 0.0594. The van der Waals surface area contributed by atoms with Crippen LogP contribution < -0.4 is 21.3 Å². The van der Waals surface area contributed by atoms with Gasteiger partial charge in [-0.2, -0.15) is 0 Å². The second-order valence-corrected chi connectivity index (χ2v) is 8.75. The van der Waals surface area contributed by atoms with Crippen LogP contribution in [0, 0.1) is 10.1 Å². The number of nitrogens with two attached hydrogens (primary N) is 1. The molecule has 0 aliphatic carbocycles. The van der Waals surface area contributed by atoms with Crippen molar-refractivity contribution in [1.29, 1.82) is 0 Å². The van der Waals surface area contributed by atoms with Crippen LogP contribution in [0.25, 0.3) is 11.3 Å². The molecule has 0 spiro atoms. The van der Waals surface area contributed by atoms with Crippen LogP contribution in [0.15, 0.2) is 42.5 Å². The number of nitrogen functional groups attached to an aromatic ring is 1. The highest BCUT2D eigenvalue weighted by atomic mass is 35.5. The van der Waals surface area contributed by atoms with E-state index in [1.165, 1.54) is 12.1 Å².